The molecule has 128 valence electrons. The highest BCUT2D eigenvalue weighted by molar-refractivity contribution is 7.09. The van der Waals surface area contributed by atoms with E-state index in [1.807, 2.05) is 74.0 Å². The summed E-state index contributed by atoms with van der Waals surface area (Å²) in [6.07, 6.45) is 0. The van der Waals surface area contributed by atoms with E-state index < -0.39 is 0 Å². The van der Waals surface area contributed by atoms with E-state index in [0.717, 1.165) is 27.4 Å². The second kappa shape index (κ2) is 7.07. The van der Waals surface area contributed by atoms with Crippen LogP contribution in [0.15, 0.2) is 53.5 Å². The quantitative estimate of drug-likeness (QED) is 0.712. The number of hydrogen-bond acceptors (Lipinski definition) is 3. The van der Waals surface area contributed by atoms with Crippen molar-refractivity contribution in [2.24, 2.45) is 12.0 Å². The molecule has 4 nitrogen and oxygen atoms in total. The van der Waals surface area contributed by atoms with Crippen molar-refractivity contribution in [2.75, 3.05) is 7.11 Å². The lowest BCUT2D eigenvalue weighted by molar-refractivity contribution is 0.0998. The Bertz CT molecular complexity index is 964. The van der Waals surface area contributed by atoms with Crippen molar-refractivity contribution >= 4 is 17.2 Å². The molecule has 1 amide bonds. The van der Waals surface area contributed by atoms with Crippen LogP contribution in [0.1, 0.15) is 20.8 Å². The summed E-state index contributed by atoms with van der Waals surface area (Å²) in [6.45, 7) is 4.04. The highest BCUT2D eigenvalue weighted by atomic mass is 32.1. The van der Waals surface area contributed by atoms with Crippen molar-refractivity contribution in [2.45, 2.75) is 13.8 Å². The van der Waals surface area contributed by atoms with E-state index in [9.17, 15) is 4.79 Å². The van der Waals surface area contributed by atoms with Crippen LogP contribution in [0.4, 0.5) is 0 Å². The van der Waals surface area contributed by atoms with E-state index in [1.165, 1.54) is 11.3 Å². The van der Waals surface area contributed by atoms with Crippen molar-refractivity contribution in [1.82, 2.24) is 4.57 Å². The van der Waals surface area contributed by atoms with Gasteiger partial charge in [0.15, 0.2) is 4.80 Å². The molecule has 0 spiro atoms. The third-order valence-corrected chi connectivity index (χ3v) is 5.11. The van der Waals surface area contributed by atoms with Crippen molar-refractivity contribution in [3.63, 3.8) is 0 Å². The molecule has 0 saturated carbocycles. The summed E-state index contributed by atoms with van der Waals surface area (Å²) < 4.78 is 7.18. The van der Waals surface area contributed by atoms with Gasteiger partial charge in [-0.1, -0.05) is 17.7 Å². The second-order valence-electron chi connectivity index (χ2n) is 5.86. The highest BCUT2D eigenvalue weighted by Crippen LogP contribution is 2.26. The lowest BCUT2D eigenvalue weighted by atomic mass is 10.1. The summed E-state index contributed by atoms with van der Waals surface area (Å²) in [5, 5.41) is 0. The standard InChI is InChI=1S/C20H20N2O2S/c1-13-5-7-16(8-6-13)19(23)21-20-22(3)18(14(2)25-20)15-9-11-17(24-4)12-10-15/h5-12H,1-4H3. The molecule has 5 heteroatoms. The van der Waals surface area contributed by atoms with Crippen molar-refractivity contribution < 1.29 is 9.53 Å². The van der Waals surface area contributed by atoms with Gasteiger partial charge in [-0.05, 0) is 55.8 Å². The van der Waals surface area contributed by atoms with Crippen LogP contribution in [0.2, 0.25) is 0 Å². The van der Waals surface area contributed by atoms with E-state index in [2.05, 4.69) is 4.99 Å². The zero-order valence-corrected chi connectivity index (χ0v) is 15.6. The number of methoxy groups -OCH3 is 1. The second-order valence-corrected chi connectivity index (χ2v) is 7.04. The minimum atomic E-state index is -0.224. The van der Waals surface area contributed by atoms with E-state index in [-0.39, 0.29) is 5.91 Å². The maximum Gasteiger partial charge on any atom is 0.279 e. The molecule has 0 bridgehead atoms. The molecule has 0 radical (unpaired) electrons. The first-order valence-corrected chi connectivity index (χ1v) is 8.78. The van der Waals surface area contributed by atoms with Gasteiger partial charge < -0.3 is 9.30 Å². The molecule has 0 N–H and O–H groups in total. The zero-order valence-electron chi connectivity index (χ0n) is 14.7. The Morgan fingerprint density at radius 3 is 2.28 bits per heavy atom. The Kier molecular flexibility index (Phi) is 4.86. The molecule has 1 heterocycles. The van der Waals surface area contributed by atoms with Crippen LogP contribution in [-0.2, 0) is 7.05 Å². The molecule has 0 aliphatic carbocycles. The summed E-state index contributed by atoms with van der Waals surface area (Å²) in [6, 6.07) is 15.4. The van der Waals surface area contributed by atoms with Gasteiger partial charge >= 0.3 is 0 Å². The molecule has 3 aromatic rings. The minimum Gasteiger partial charge on any atom is -0.497 e. The van der Waals surface area contributed by atoms with E-state index in [1.54, 1.807) is 7.11 Å². The molecule has 0 saturated heterocycles. The zero-order chi connectivity index (χ0) is 18.0. The molecule has 25 heavy (non-hydrogen) atoms. The predicted molar refractivity (Wildman–Crippen MR) is 101 cm³/mol. The predicted octanol–water partition coefficient (Wildman–Crippen LogP) is 4.12. The summed E-state index contributed by atoms with van der Waals surface area (Å²) in [5.74, 6) is 0.594. The molecule has 1 aromatic heterocycles. The first-order valence-electron chi connectivity index (χ1n) is 7.96. The van der Waals surface area contributed by atoms with Crippen LogP contribution < -0.4 is 9.54 Å². The fourth-order valence-electron chi connectivity index (χ4n) is 2.68. The van der Waals surface area contributed by atoms with Crippen molar-refractivity contribution in [1.29, 1.82) is 0 Å². The number of carbonyl (C=O) groups excluding carboxylic acids is 1. The molecule has 0 aliphatic heterocycles. The monoisotopic (exact) mass is 352 g/mol. The van der Waals surface area contributed by atoms with Gasteiger partial charge in [0.05, 0.1) is 12.8 Å². The van der Waals surface area contributed by atoms with Crippen molar-refractivity contribution in [3.05, 3.63) is 69.3 Å². The number of amides is 1. The topological polar surface area (TPSA) is 43.6 Å². The number of ether oxygens (including phenoxy) is 1. The SMILES string of the molecule is COc1ccc(-c2c(C)sc(=NC(=O)c3ccc(C)cc3)n2C)cc1. The van der Waals surface area contributed by atoms with Crippen LogP contribution in [0.25, 0.3) is 11.3 Å². The van der Waals surface area contributed by atoms with Gasteiger partial charge in [-0.3, -0.25) is 4.79 Å². The van der Waals surface area contributed by atoms with Gasteiger partial charge in [0.1, 0.15) is 5.75 Å². The van der Waals surface area contributed by atoms with Gasteiger partial charge in [0.25, 0.3) is 5.91 Å². The highest BCUT2D eigenvalue weighted by Gasteiger charge is 2.12. The summed E-state index contributed by atoms with van der Waals surface area (Å²) >= 11 is 1.52. The molecule has 3 rings (SSSR count). The first-order chi connectivity index (χ1) is 12.0. The number of hydrogen-bond donors (Lipinski definition) is 0. The smallest absolute Gasteiger partial charge is 0.279 e. The van der Waals surface area contributed by atoms with E-state index in [4.69, 9.17) is 4.74 Å². The molecule has 2 aromatic carbocycles. The Morgan fingerprint density at radius 1 is 1.04 bits per heavy atom. The number of aryl methyl sites for hydroxylation is 2. The fourth-order valence-corrected chi connectivity index (χ4v) is 3.66. The molecule has 0 atom stereocenters. The fraction of sp³-hybridized carbons (Fsp3) is 0.200. The average Bonchev–Trinajstić information content (AvgIpc) is 2.89. The van der Waals surface area contributed by atoms with Gasteiger partial charge in [0.2, 0.25) is 0 Å². The van der Waals surface area contributed by atoms with Crippen LogP contribution in [0.3, 0.4) is 0 Å². The number of rotatable bonds is 3. The number of carbonyl (C=O) groups is 1. The van der Waals surface area contributed by atoms with Crippen LogP contribution in [-0.4, -0.2) is 17.6 Å². The van der Waals surface area contributed by atoms with Gasteiger partial charge in [-0.25, -0.2) is 0 Å². The first kappa shape index (κ1) is 17.2. The largest absolute Gasteiger partial charge is 0.497 e. The van der Waals surface area contributed by atoms with Gasteiger partial charge in [-0.2, -0.15) is 4.99 Å². The maximum absolute atomic E-state index is 12.4. The van der Waals surface area contributed by atoms with E-state index in [0.29, 0.717) is 10.4 Å². The van der Waals surface area contributed by atoms with Crippen molar-refractivity contribution in [3.8, 4) is 17.0 Å². The summed E-state index contributed by atoms with van der Waals surface area (Å²) in [7, 11) is 3.59. The molecule has 0 fully saturated rings. The minimum absolute atomic E-state index is 0.224. The van der Waals surface area contributed by atoms with Gasteiger partial charge in [-0.15, -0.1) is 11.3 Å². The van der Waals surface area contributed by atoms with E-state index >= 15 is 0 Å². The normalized spacial score (nSPS) is 11.6. The van der Waals surface area contributed by atoms with Crippen LogP contribution in [0.5, 0.6) is 5.75 Å². The molecular weight excluding hydrogens is 332 g/mol. The third-order valence-electron chi connectivity index (χ3n) is 4.06. The third kappa shape index (κ3) is 3.56. The Morgan fingerprint density at radius 2 is 1.68 bits per heavy atom. The van der Waals surface area contributed by atoms with Crippen LogP contribution >= 0.6 is 11.3 Å². The summed E-state index contributed by atoms with van der Waals surface area (Å²) in [4.78, 5) is 18.5. The average molecular weight is 352 g/mol. The molecule has 0 unspecified atom stereocenters. The molecular formula is C20H20N2O2S. The Hall–Kier alpha value is -2.66. The molecule has 0 aliphatic rings. The van der Waals surface area contributed by atoms with Gasteiger partial charge in [0, 0.05) is 17.5 Å². The maximum atomic E-state index is 12.4. The van der Waals surface area contributed by atoms with Crippen LogP contribution in [0, 0.1) is 13.8 Å². The number of aromatic nitrogens is 1. The number of benzene rings is 2. The number of thiazole rings is 1. The number of nitrogens with zero attached hydrogens (tertiary/aromatic N) is 2. The summed E-state index contributed by atoms with van der Waals surface area (Å²) in [5.41, 5.74) is 3.85. The Balaban J connectivity index is 2.01. The Labute approximate surface area is 151 Å². The lowest BCUT2D eigenvalue weighted by Gasteiger charge is -2.06. The lowest BCUT2D eigenvalue weighted by Crippen LogP contribution is -2.14.